The van der Waals surface area contributed by atoms with E-state index in [1.807, 2.05) is 27.7 Å². The van der Waals surface area contributed by atoms with Gasteiger partial charge in [0.05, 0.1) is 19.3 Å². The number of rotatable bonds is 20. The third-order valence-electron chi connectivity index (χ3n) is 6.43. The van der Waals surface area contributed by atoms with E-state index in [9.17, 15) is 44.1 Å². The second-order valence-electron chi connectivity index (χ2n) is 11.3. The van der Waals surface area contributed by atoms with Crippen LogP contribution >= 0.6 is 0 Å². The highest BCUT2D eigenvalue weighted by Gasteiger charge is 2.31. The van der Waals surface area contributed by atoms with Gasteiger partial charge in [0.2, 0.25) is 23.6 Å². The zero-order chi connectivity index (χ0) is 33.9. The lowest BCUT2D eigenvalue weighted by atomic mass is 10.0. The molecule has 5 amide bonds. The van der Waals surface area contributed by atoms with Crippen molar-refractivity contribution < 1.29 is 48.8 Å². The molecule has 45 heavy (non-hydrogen) atoms. The van der Waals surface area contributed by atoms with Crippen molar-refractivity contribution in [2.45, 2.75) is 83.8 Å². The van der Waals surface area contributed by atoms with Crippen molar-refractivity contribution in [2.75, 3.05) is 19.8 Å². The Hall–Kier alpha value is -4.08. The number of carbonyl (C=O) groups is 6. The van der Waals surface area contributed by atoms with E-state index >= 15 is 0 Å². The average molecular weight is 638 g/mol. The topological polar surface area (TPSA) is 232 Å². The highest BCUT2D eigenvalue weighted by Crippen LogP contribution is 2.09. The van der Waals surface area contributed by atoms with Crippen LogP contribution < -0.4 is 26.6 Å². The molecule has 0 aliphatic heterocycles. The number of hydrogen-bond donors (Lipinski definition) is 8. The molecule has 1 aromatic rings. The monoisotopic (exact) mass is 637 g/mol. The zero-order valence-corrected chi connectivity index (χ0v) is 26.2. The van der Waals surface area contributed by atoms with E-state index < -0.39 is 79.8 Å². The number of hydrogen-bond acceptors (Lipinski definition) is 10. The fraction of sp³-hybridized carbons (Fsp3) is 0.600. The third kappa shape index (κ3) is 15.0. The maximum absolute atomic E-state index is 13.1. The molecule has 0 aliphatic rings. The van der Waals surface area contributed by atoms with Gasteiger partial charge in [-0.3, -0.25) is 19.2 Å². The molecular weight excluding hydrogens is 590 g/mol. The summed E-state index contributed by atoms with van der Waals surface area (Å²) in [5.41, 5.74) is 0.684. The van der Waals surface area contributed by atoms with Crippen molar-refractivity contribution in [1.82, 2.24) is 26.6 Å². The molecule has 1 rings (SSSR count). The van der Waals surface area contributed by atoms with Gasteiger partial charge in [-0.25, -0.2) is 4.79 Å². The van der Waals surface area contributed by atoms with Gasteiger partial charge in [0, 0.05) is 6.61 Å². The standard InChI is InChI=1S/C30H47N5O10/c1-18(2)12-21(14-37)31-27(41)23(13-19(3)4)33-26(40)22(10-11-36)32-28(42)24(15-38)34-29(43)25(16-39)35-30(44)45-17-20-8-6-5-7-9-20/h5-9,14,18-19,21-25,36,38-39H,10-13,15-17H2,1-4H3,(H,31,41)(H,32,42)(H,33,40)(H,34,43)(H,35,44)/t21-,22-,23-,24-,25-/m0/s1. The number of carbonyl (C=O) groups excluding carboxylic acids is 6. The normalized spacial score (nSPS) is 14.3. The fourth-order valence-electron chi connectivity index (χ4n) is 4.15. The van der Waals surface area contributed by atoms with Gasteiger partial charge < -0.3 is 51.4 Å². The van der Waals surface area contributed by atoms with E-state index in [2.05, 4.69) is 26.6 Å². The molecule has 0 aliphatic carbocycles. The molecule has 15 heteroatoms. The molecule has 1 aromatic carbocycles. The Morgan fingerprint density at radius 2 is 1.18 bits per heavy atom. The van der Waals surface area contributed by atoms with Crippen molar-refractivity contribution in [3.8, 4) is 0 Å². The van der Waals surface area contributed by atoms with Crippen LogP contribution in [0, 0.1) is 11.8 Å². The third-order valence-corrected chi connectivity index (χ3v) is 6.43. The molecule has 5 atom stereocenters. The van der Waals surface area contributed by atoms with Gasteiger partial charge in [0.25, 0.3) is 0 Å². The van der Waals surface area contributed by atoms with E-state index in [-0.39, 0.29) is 31.3 Å². The summed E-state index contributed by atoms with van der Waals surface area (Å²) < 4.78 is 5.03. The lowest BCUT2D eigenvalue weighted by molar-refractivity contribution is -0.135. The number of aliphatic hydroxyl groups is 3. The van der Waals surface area contributed by atoms with Crippen LogP contribution in [0.5, 0.6) is 0 Å². The number of nitrogens with one attached hydrogen (secondary N) is 5. The van der Waals surface area contributed by atoms with Gasteiger partial charge >= 0.3 is 6.09 Å². The molecule has 15 nitrogen and oxygen atoms in total. The Morgan fingerprint density at radius 3 is 1.69 bits per heavy atom. The van der Waals surface area contributed by atoms with Crippen LogP contribution in [0.4, 0.5) is 4.79 Å². The number of ether oxygens (including phenoxy) is 1. The molecule has 0 saturated heterocycles. The fourth-order valence-corrected chi connectivity index (χ4v) is 4.15. The lowest BCUT2D eigenvalue weighted by Crippen LogP contribution is -2.60. The van der Waals surface area contributed by atoms with Crippen LogP contribution in [0.3, 0.4) is 0 Å². The van der Waals surface area contributed by atoms with Gasteiger partial charge in [-0.15, -0.1) is 0 Å². The van der Waals surface area contributed by atoms with Crippen LogP contribution in [-0.4, -0.2) is 101 Å². The predicted octanol–water partition coefficient (Wildman–Crippen LogP) is -1.12. The maximum Gasteiger partial charge on any atom is 0.408 e. The van der Waals surface area contributed by atoms with Gasteiger partial charge in [-0.2, -0.15) is 0 Å². The minimum absolute atomic E-state index is 0.0376. The van der Waals surface area contributed by atoms with Crippen LogP contribution in [-0.2, 0) is 35.3 Å². The van der Waals surface area contributed by atoms with E-state index in [0.717, 1.165) is 0 Å². The number of benzene rings is 1. The highest BCUT2D eigenvalue weighted by molar-refractivity contribution is 5.95. The number of amides is 5. The SMILES string of the molecule is CC(C)C[C@@H](C=O)NC(=O)[C@H](CC(C)C)NC(=O)[C@H](CCO)NC(=O)[C@H](CO)NC(=O)[C@H](CO)NC(=O)OCc1ccccc1. The number of aldehydes is 1. The summed E-state index contributed by atoms with van der Waals surface area (Å²) in [7, 11) is 0. The number of aliphatic hydroxyl groups excluding tert-OH is 3. The second kappa shape index (κ2) is 20.8. The summed E-state index contributed by atoms with van der Waals surface area (Å²) in [6.45, 7) is 5.04. The molecule has 252 valence electrons. The zero-order valence-electron chi connectivity index (χ0n) is 26.2. The van der Waals surface area contributed by atoms with Crippen molar-refractivity contribution in [1.29, 1.82) is 0 Å². The van der Waals surface area contributed by atoms with Gasteiger partial charge in [0.15, 0.2) is 0 Å². The van der Waals surface area contributed by atoms with E-state index in [1.165, 1.54) is 0 Å². The van der Waals surface area contributed by atoms with E-state index in [1.54, 1.807) is 30.3 Å². The molecule has 0 spiro atoms. The molecular formula is C30H47N5O10. The first-order valence-electron chi connectivity index (χ1n) is 14.8. The summed E-state index contributed by atoms with van der Waals surface area (Å²) in [6.07, 6.45) is -0.0476. The highest BCUT2D eigenvalue weighted by atomic mass is 16.5. The Morgan fingerprint density at radius 1 is 0.689 bits per heavy atom. The Bertz CT molecular complexity index is 1100. The molecule has 0 aromatic heterocycles. The summed E-state index contributed by atoms with van der Waals surface area (Å²) in [6, 6.07) is 2.38. The van der Waals surface area contributed by atoms with Gasteiger partial charge in [-0.05, 0) is 36.7 Å². The smallest absolute Gasteiger partial charge is 0.408 e. The van der Waals surface area contributed by atoms with E-state index in [4.69, 9.17) is 4.74 Å². The first kappa shape index (κ1) is 38.9. The largest absolute Gasteiger partial charge is 0.445 e. The lowest BCUT2D eigenvalue weighted by Gasteiger charge is -2.26. The average Bonchev–Trinajstić information content (AvgIpc) is 3.00. The van der Waals surface area contributed by atoms with Gasteiger partial charge in [-0.1, -0.05) is 58.0 Å². The molecule has 0 bridgehead atoms. The quantitative estimate of drug-likeness (QED) is 0.0802. The van der Waals surface area contributed by atoms with Crippen LogP contribution in [0.25, 0.3) is 0 Å². The molecule has 0 unspecified atom stereocenters. The molecule has 0 saturated carbocycles. The summed E-state index contributed by atoms with van der Waals surface area (Å²) >= 11 is 0. The first-order valence-corrected chi connectivity index (χ1v) is 14.8. The summed E-state index contributed by atoms with van der Waals surface area (Å²) in [5, 5.41) is 40.8. The van der Waals surface area contributed by atoms with E-state index in [0.29, 0.717) is 18.3 Å². The minimum Gasteiger partial charge on any atom is -0.445 e. The summed E-state index contributed by atoms with van der Waals surface area (Å²) in [4.78, 5) is 75.3. The Labute approximate surface area is 262 Å². The maximum atomic E-state index is 13.1. The van der Waals surface area contributed by atoms with Crippen LogP contribution in [0.1, 0.15) is 52.5 Å². The van der Waals surface area contributed by atoms with Gasteiger partial charge in [0.1, 0.15) is 37.1 Å². The molecule has 0 fully saturated rings. The second-order valence-corrected chi connectivity index (χ2v) is 11.3. The minimum atomic E-state index is -1.61. The Balaban J connectivity index is 2.87. The van der Waals surface area contributed by atoms with Crippen molar-refractivity contribution >= 4 is 36.0 Å². The van der Waals surface area contributed by atoms with Crippen molar-refractivity contribution in [3.63, 3.8) is 0 Å². The van der Waals surface area contributed by atoms with Crippen molar-refractivity contribution in [3.05, 3.63) is 35.9 Å². The predicted molar refractivity (Wildman–Crippen MR) is 162 cm³/mol. The first-order chi connectivity index (χ1) is 21.3. The van der Waals surface area contributed by atoms with Crippen LogP contribution in [0.2, 0.25) is 0 Å². The molecule has 0 radical (unpaired) electrons. The van der Waals surface area contributed by atoms with Crippen LogP contribution in [0.15, 0.2) is 30.3 Å². The molecule has 8 N–H and O–H groups in total. The van der Waals surface area contributed by atoms with Crippen molar-refractivity contribution in [2.24, 2.45) is 11.8 Å². The summed E-state index contributed by atoms with van der Waals surface area (Å²) in [5.74, 6) is -3.35. The Kier molecular flexibility index (Phi) is 18.0. The number of alkyl carbamates (subject to hydrolysis) is 1. The molecule has 0 heterocycles.